The van der Waals surface area contributed by atoms with Gasteiger partial charge in [0, 0.05) is 17.3 Å². The number of hydrogen-bond donors (Lipinski definition) is 2. The molecule has 0 aliphatic heterocycles. The topological polar surface area (TPSA) is 103 Å². The van der Waals surface area contributed by atoms with Crippen LogP contribution in [0.1, 0.15) is 21.7 Å². The average molecular weight is 338 g/mol. The van der Waals surface area contributed by atoms with Crippen molar-refractivity contribution in [2.24, 2.45) is 5.73 Å². The zero-order valence-corrected chi connectivity index (χ0v) is 13.9. The Balaban J connectivity index is 1.90. The van der Waals surface area contributed by atoms with Gasteiger partial charge in [0.05, 0.1) is 17.4 Å². The molecule has 0 saturated carbocycles. The zero-order valence-electron chi connectivity index (χ0n) is 13.9. The van der Waals surface area contributed by atoms with Gasteiger partial charge >= 0.3 is 0 Å². The van der Waals surface area contributed by atoms with Gasteiger partial charge in [0.25, 0.3) is 5.91 Å². The van der Waals surface area contributed by atoms with Gasteiger partial charge in [-0.1, -0.05) is 30.3 Å². The average Bonchev–Trinajstić information content (AvgIpc) is 3.12. The van der Waals surface area contributed by atoms with E-state index < -0.39 is 5.91 Å². The van der Waals surface area contributed by atoms with Crippen molar-refractivity contribution in [1.29, 1.82) is 0 Å². The number of aromatic nitrogens is 2. The van der Waals surface area contributed by atoms with Crippen LogP contribution in [0.3, 0.4) is 0 Å². The van der Waals surface area contributed by atoms with Crippen LogP contribution in [-0.2, 0) is 11.3 Å². The van der Waals surface area contributed by atoms with Crippen LogP contribution in [0.2, 0.25) is 0 Å². The largest absolute Gasteiger partial charge is 0.460 e. The molecule has 25 heavy (non-hydrogen) atoms. The summed E-state index contributed by atoms with van der Waals surface area (Å²) in [5.41, 5.74) is 7.69. The maximum atomic E-state index is 12.8. The van der Waals surface area contributed by atoms with Crippen LogP contribution < -0.4 is 11.1 Å². The SMILES string of the molecule is Cc1oc(-c2ccccc2)c(C(=O)Nc2cnn(CC(N)=O)c2)c1C. The Morgan fingerprint density at radius 1 is 1.24 bits per heavy atom. The number of nitrogens with one attached hydrogen (secondary N) is 1. The van der Waals surface area contributed by atoms with Gasteiger partial charge in [0.1, 0.15) is 18.1 Å². The molecule has 0 spiro atoms. The summed E-state index contributed by atoms with van der Waals surface area (Å²) in [6.07, 6.45) is 3.01. The number of carbonyl (C=O) groups excluding carboxylic acids is 2. The van der Waals surface area contributed by atoms with Gasteiger partial charge in [-0.2, -0.15) is 5.10 Å². The van der Waals surface area contributed by atoms with E-state index in [1.165, 1.54) is 10.9 Å². The van der Waals surface area contributed by atoms with Gasteiger partial charge in [-0.25, -0.2) is 0 Å². The number of hydrogen-bond acceptors (Lipinski definition) is 4. The Labute approximate surface area is 144 Å². The third-order valence-corrected chi connectivity index (χ3v) is 3.86. The van der Waals surface area contributed by atoms with E-state index in [2.05, 4.69) is 10.4 Å². The highest BCUT2D eigenvalue weighted by atomic mass is 16.3. The van der Waals surface area contributed by atoms with Crippen molar-refractivity contribution in [2.45, 2.75) is 20.4 Å². The molecule has 2 amide bonds. The Morgan fingerprint density at radius 3 is 2.64 bits per heavy atom. The lowest BCUT2D eigenvalue weighted by molar-refractivity contribution is -0.118. The van der Waals surface area contributed by atoms with E-state index in [0.717, 1.165) is 11.1 Å². The summed E-state index contributed by atoms with van der Waals surface area (Å²) < 4.78 is 7.17. The number of amides is 2. The number of rotatable bonds is 5. The van der Waals surface area contributed by atoms with Gasteiger partial charge in [0.15, 0.2) is 0 Å². The van der Waals surface area contributed by atoms with Crippen LogP contribution in [-0.4, -0.2) is 21.6 Å². The van der Waals surface area contributed by atoms with Crippen LogP contribution >= 0.6 is 0 Å². The van der Waals surface area contributed by atoms with Crippen LogP contribution in [0.5, 0.6) is 0 Å². The summed E-state index contributed by atoms with van der Waals surface area (Å²) in [7, 11) is 0. The smallest absolute Gasteiger partial charge is 0.259 e. The molecular formula is C18H18N4O3. The lowest BCUT2D eigenvalue weighted by Gasteiger charge is -2.05. The monoisotopic (exact) mass is 338 g/mol. The molecule has 0 fully saturated rings. The number of aryl methyl sites for hydroxylation is 1. The lowest BCUT2D eigenvalue weighted by atomic mass is 10.0. The summed E-state index contributed by atoms with van der Waals surface area (Å²) in [4.78, 5) is 23.7. The second-order valence-electron chi connectivity index (χ2n) is 5.70. The predicted molar refractivity (Wildman–Crippen MR) is 93.0 cm³/mol. The maximum Gasteiger partial charge on any atom is 0.259 e. The van der Waals surface area contributed by atoms with Crippen molar-refractivity contribution >= 4 is 17.5 Å². The molecule has 7 nitrogen and oxygen atoms in total. The minimum absolute atomic E-state index is 0.0466. The van der Waals surface area contributed by atoms with E-state index in [1.807, 2.05) is 44.2 Å². The van der Waals surface area contributed by atoms with Crippen LogP contribution in [0, 0.1) is 13.8 Å². The molecule has 3 aromatic rings. The molecule has 2 aromatic heterocycles. The lowest BCUT2D eigenvalue weighted by Crippen LogP contribution is -2.18. The van der Waals surface area contributed by atoms with Crippen molar-refractivity contribution in [3.05, 3.63) is 59.6 Å². The number of nitrogens with two attached hydrogens (primary N) is 1. The highest BCUT2D eigenvalue weighted by Gasteiger charge is 2.22. The summed E-state index contributed by atoms with van der Waals surface area (Å²) in [5, 5.41) is 6.77. The molecule has 2 heterocycles. The minimum atomic E-state index is -0.506. The Hall–Kier alpha value is -3.35. The second-order valence-corrected chi connectivity index (χ2v) is 5.70. The molecule has 128 valence electrons. The van der Waals surface area contributed by atoms with Crippen molar-refractivity contribution < 1.29 is 14.0 Å². The molecule has 7 heteroatoms. The number of benzene rings is 1. The van der Waals surface area contributed by atoms with Gasteiger partial charge in [-0.3, -0.25) is 14.3 Å². The summed E-state index contributed by atoms with van der Waals surface area (Å²) >= 11 is 0. The summed E-state index contributed by atoms with van der Waals surface area (Å²) in [5.74, 6) is 0.409. The predicted octanol–water partition coefficient (Wildman–Crippen LogP) is 2.50. The van der Waals surface area contributed by atoms with Crippen molar-refractivity contribution in [3.8, 4) is 11.3 Å². The standard InChI is InChI=1S/C18H18N4O3/c1-11-12(2)25-17(13-6-4-3-5-7-13)16(11)18(24)21-14-8-20-22(9-14)10-15(19)23/h3-9H,10H2,1-2H3,(H2,19,23)(H,21,24). The molecule has 1 aromatic carbocycles. The quantitative estimate of drug-likeness (QED) is 0.746. The first-order valence-electron chi connectivity index (χ1n) is 7.73. The van der Waals surface area contributed by atoms with E-state index in [9.17, 15) is 9.59 Å². The Morgan fingerprint density at radius 2 is 1.96 bits per heavy atom. The fraction of sp³-hybridized carbons (Fsp3) is 0.167. The second kappa shape index (κ2) is 6.64. The highest BCUT2D eigenvalue weighted by molar-refractivity contribution is 6.09. The van der Waals surface area contributed by atoms with E-state index >= 15 is 0 Å². The van der Waals surface area contributed by atoms with Gasteiger partial charge in [0.2, 0.25) is 5.91 Å². The van der Waals surface area contributed by atoms with E-state index in [0.29, 0.717) is 22.8 Å². The molecular weight excluding hydrogens is 320 g/mol. The third-order valence-electron chi connectivity index (χ3n) is 3.86. The van der Waals surface area contributed by atoms with Gasteiger partial charge < -0.3 is 15.5 Å². The van der Waals surface area contributed by atoms with Crippen molar-refractivity contribution in [2.75, 3.05) is 5.32 Å². The normalized spacial score (nSPS) is 10.6. The molecule has 0 atom stereocenters. The summed E-state index contributed by atoms with van der Waals surface area (Å²) in [6, 6.07) is 9.45. The van der Waals surface area contributed by atoms with E-state index in [4.69, 9.17) is 10.2 Å². The highest BCUT2D eigenvalue weighted by Crippen LogP contribution is 2.31. The van der Waals surface area contributed by atoms with Crippen molar-refractivity contribution in [3.63, 3.8) is 0 Å². The first-order valence-corrected chi connectivity index (χ1v) is 7.73. The Bertz CT molecular complexity index is 925. The Kier molecular flexibility index (Phi) is 4.38. The number of furan rings is 1. The zero-order chi connectivity index (χ0) is 18.0. The van der Waals surface area contributed by atoms with Gasteiger partial charge in [-0.15, -0.1) is 0 Å². The molecule has 0 unspecified atom stereocenters. The molecule has 0 bridgehead atoms. The van der Waals surface area contributed by atoms with Crippen LogP contribution in [0.15, 0.2) is 47.1 Å². The molecule has 0 saturated heterocycles. The molecule has 3 rings (SSSR count). The molecule has 3 N–H and O–H groups in total. The van der Waals surface area contributed by atoms with Crippen molar-refractivity contribution in [1.82, 2.24) is 9.78 Å². The van der Waals surface area contributed by atoms with Gasteiger partial charge in [-0.05, 0) is 13.8 Å². The number of carbonyl (C=O) groups is 2. The first-order chi connectivity index (χ1) is 12.0. The van der Waals surface area contributed by atoms with Crippen LogP contribution in [0.4, 0.5) is 5.69 Å². The molecule has 0 aliphatic rings. The molecule has 0 radical (unpaired) electrons. The fourth-order valence-electron chi connectivity index (χ4n) is 2.56. The molecule has 0 aliphatic carbocycles. The summed E-state index contributed by atoms with van der Waals surface area (Å²) in [6.45, 7) is 3.62. The fourth-order valence-corrected chi connectivity index (χ4v) is 2.56. The van der Waals surface area contributed by atoms with E-state index in [-0.39, 0.29) is 12.5 Å². The number of anilines is 1. The number of primary amides is 1. The third kappa shape index (κ3) is 3.45. The number of nitrogens with zero attached hydrogens (tertiary/aromatic N) is 2. The maximum absolute atomic E-state index is 12.8. The van der Waals surface area contributed by atoms with E-state index in [1.54, 1.807) is 6.20 Å². The van der Waals surface area contributed by atoms with Crippen LogP contribution in [0.25, 0.3) is 11.3 Å². The minimum Gasteiger partial charge on any atom is -0.460 e. The first kappa shape index (κ1) is 16.5.